The zero-order chi connectivity index (χ0) is 19.6. The van der Waals surface area contributed by atoms with Gasteiger partial charge in [0.2, 0.25) is 5.91 Å². The second-order valence-electron chi connectivity index (χ2n) is 6.53. The summed E-state index contributed by atoms with van der Waals surface area (Å²) in [6, 6.07) is 4.22. The minimum Gasteiger partial charge on any atom is -0.467 e. The average Bonchev–Trinajstić information content (AvgIpc) is 3.16. The van der Waals surface area contributed by atoms with Gasteiger partial charge in [-0.1, -0.05) is 11.6 Å². The molecule has 0 aromatic carbocycles. The van der Waals surface area contributed by atoms with Crippen LogP contribution in [-0.2, 0) is 11.0 Å². The van der Waals surface area contributed by atoms with Crippen molar-refractivity contribution < 1.29 is 22.4 Å². The summed E-state index contributed by atoms with van der Waals surface area (Å²) in [7, 11) is 0. The molecule has 5 nitrogen and oxygen atoms in total. The predicted octanol–water partition coefficient (Wildman–Crippen LogP) is 4.44. The van der Waals surface area contributed by atoms with Crippen LogP contribution in [0, 0.1) is 5.92 Å². The average molecular weight is 402 g/mol. The maximum absolute atomic E-state index is 12.7. The van der Waals surface area contributed by atoms with E-state index in [1.54, 1.807) is 18.4 Å². The van der Waals surface area contributed by atoms with E-state index in [4.69, 9.17) is 16.0 Å². The van der Waals surface area contributed by atoms with E-state index in [2.05, 4.69) is 10.3 Å². The van der Waals surface area contributed by atoms with Crippen LogP contribution in [0.4, 0.5) is 19.0 Å². The van der Waals surface area contributed by atoms with Gasteiger partial charge in [-0.15, -0.1) is 0 Å². The topological polar surface area (TPSA) is 58.4 Å². The third-order valence-electron chi connectivity index (χ3n) is 4.64. The summed E-state index contributed by atoms with van der Waals surface area (Å²) in [6.07, 6.45) is -1.02. The Bertz CT molecular complexity index is 788. The molecular weight excluding hydrogens is 383 g/mol. The van der Waals surface area contributed by atoms with Crippen molar-refractivity contribution in [1.29, 1.82) is 0 Å². The highest BCUT2D eigenvalue weighted by Gasteiger charge is 2.33. The van der Waals surface area contributed by atoms with Crippen molar-refractivity contribution in [3.63, 3.8) is 0 Å². The molecule has 0 bridgehead atoms. The zero-order valence-corrected chi connectivity index (χ0v) is 15.3. The fourth-order valence-electron chi connectivity index (χ4n) is 3.11. The summed E-state index contributed by atoms with van der Waals surface area (Å²) < 4.78 is 43.5. The Morgan fingerprint density at radius 2 is 2.11 bits per heavy atom. The number of carbonyl (C=O) groups excluding carboxylic acids is 1. The molecule has 0 radical (unpaired) electrons. The van der Waals surface area contributed by atoms with E-state index < -0.39 is 11.7 Å². The third kappa shape index (κ3) is 4.55. The molecule has 2 aromatic heterocycles. The van der Waals surface area contributed by atoms with E-state index in [1.807, 2.05) is 11.8 Å². The van der Waals surface area contributed by atoms with Crippen LogP contribution in [0.3, 0.4) is 0 Å². The molecule has 2 aromatic rings. The number of halogens is 4. The first-order valence-electron chi connectivity index (χ1n) is 8.57. The number of anilines is 1. The SMILES string of the molecule is C[C@@H](NC(=O)C1CCN(c2ncc(C(F)(F)F)cc2Cl)CC1)c1ccco1. The van der Waals surface area contributed by atoms with Crippen molar-refractivity contribution in [2.24, 2.45) is 5.92 Å². The monoisotopic (exact) mass is 401 g/mol. The molecule has 1 aliphatic heterocycles. The molecule has 3 heterocycles. The van der Waals surface area contributed by atoms with Crippen LogP contribution in [0.1, 0.15) is 37.1 Å². The van der Waals surface area contributed by atoms with E-state index in [9.17, 15) is 18.0 Å². The smallest absolute Gasteiger partial charge is 0.417 e. The quantitative estimate of drug-likeness (QED) is 0.822. The zero-order valence-electron chi connectivity index (χ0n) is 14.6. The first-order valence-corrected chi connectivity index (χ1v) is 8.95. The number of nitrogens with zero attached hydrogens (tertiary/aromatic N) is 2. The molecule has 1 saturated heterocycles. The Morgan fingerprint density at radius 3 is 2.67 bits per heavy atom. The first kappa shape index (κ1) is 19.5. The normalized spacial score (nSPS) is 17.0. The van der Waals surface area contributed by atoms with Crippen LogP contribution in [0.15, 0.2) is 35.1 Å². The summed E-state index contributed by atoms with van der Waals surface area (Å²) in [5.41, 5.74) is -0.877. The maximum Gasteiger partial charge on any atom is 0.417 e. The Morgan fingerprint density at radius 1 is 1.41 bits per heavy atom. The number of piperidine rings is 1. The lowest BCUT2D eigenvalue weighted by Crippen LogP contribution is -2.41. The van der Waals surface area contributed by atoms with Gasteiger partial charge in [0, 0.05) is 25.2 Å². The van der Waals surface area contributed by atoms with E-state index in [-0.39, 0.29) is 22.9 Å². The molecule has 146 valence electrons. The number of rotatable bonds is 4. The lowest BCUT2D eigenvalue weighted by atomic mass is 9.95. The van der Waals surface area contributed by atoms with Gasteiger partial charge in [-0.05, 0) is 38.0 Å². The Hall–Kier alpha value is -2.22. The largest absolute Gasteiger partial charge is 0.467 e. The van der Waals surface area contributed by atoms with E-state index in [1.165, 1.54) is 0 Å². The van der Waals surface area contributed by atoms with Crippen molar-refractivity contribution in [3.05, 3.63) is 47.0 Å². The molecule has 1 atom stereocenters. The van der Waals surface area contributed by atoms with Crippen molar-refractivity contribution in [2.45, 2.75) is 32.0 Å². The minimum absolute atomic E-state index is 0.0424. The molecule has 1 amide bonds. The standard InChI is InChI=1S/C18H19ClF3N3O2/c1-11(15-3-2-8-27-15)24-17(26)12-4-6-25(7-5-12)16-14(19)9-13(10-23-16)18(20,21)22/h2-3,8-12H,4-7H2,1H3,(H,24,26)/t11-/m1/s1. The van der Waals surface area contributed by atoms with Gasteiger partial charge in [0.1, 0.15) is 11.6 Å². The molecule has 1 aliphatic rings. The summed E-state index contributed by atoms with van der Waals surface area (Å²) >= 11 is 6.00. The number of hydrogen-bond acceptors (Lipinski definition) is 4. The number of aromatic nitrogens is 1. The molecular formula is C18H19ClF3N3O2. The van der Waals surface area contributed by atoms with Crippen molar-refractivity contribution in [3.8, 4) is 0 Å². The van der Waals surface area contributed by atoms with E-state index in [0.29, 0.717) is 37.5 Å². The van der Waals surface area contributed by atoms with Crippen LogP contribution in [0.5, 0.6) is 0 Å². The predicted molar refractivity (Wildman–Crippen MR) is 94.5 cm³/mol. The van der Waals surface area contributed by atoms with Gasteiger partial charge >= 0.3 is 6.18 Å². The summed E-state index contributed by atoms with van der Waals surface area (Å²) in [5.74, 6) is 0.755. The van der Waals surface area contributed by atoms with E-state index in [0.717, 1.165) is 12.3 Å². The van der Waals surface area contributed by atoms with Crippen LogP contribution in [0.2, 0.25) is 5.02 Å². The van der Waals surface area contributed by atoms with Crippen molar-refractivity contribution in [2.75, 3.05) is 18.0 Å². The van der Waals surface area contributed by atoms with Crippen LogP contribution in [0.25, 0.3) is 0 Å². The molecule has 3 rings (SSSR count). The highest BCUT2D eigenvalue weighted by atomic mass is 35.5. The lowest BCUT2D eigenvalue weighted by molar-refractivity contribution is -0.137. The number of amides is 1. The van der Waals surface area contributed by atoms with Crippen molar-refractivity contribution >= 4 is 23.3 Å². The molecule has 27 heavy (non-hydrogen) atoms. The number of nitrogens with one attached hydrogen (secondary N) is 1. The summed E-state index contributed by atoms with van der Waals surface area (Å²) in [6.45, 7) is 2.83. The molecule has 0 saturated carbocycles. The maximum atomic E-state index is 12.7. The van der Waals surface area contributed by atoms with Gasteiger partial charge < -0.3 is 14.6 Å². The second-order valence-corrected chi connectivity index (χ2v) is 6.94. The number of hydrogen-bond donors (Lipinski definition) is 1. The number of furan rings is 1. The van der Waals surface area contributed by atoms with Gasteiger partial charge in [0.25, 0.3) is 0 Å². The van der Waals surface area contributed by atoms with E-state index >= 15 is 0 Å². The van der Waals surface area contributed by atoms with Crippen LogP contribution in [-0.4, -0.2) is 24.0 Å². The van der Waals surface area contributed by atoms with Gasteiger partial charge in [0.05, 0.1) is 22.9 Å². The van der Waals surface area contributed by atoms with Gasteiger partial charge in [-0.2, -0.15) is 13.2 Å². The second kappa shape index (κ2) is 7.80. The van der Waals surface area contributed by atoms with Crippen LogP contribution >= 0.6 is 11.6 Å². The van der Waals surface area contributed by atoms with Gasteiger partial charge in [0.15, 0.2) is 0 Å². The number of pyridine rings is 1. The highest BCUT2D eigenvalue weighted by molar-refractivity contribution is 6.33. The minimum atomic E-state index is -4.48. The summed E-state index contributed by atoms with van der Waals surface area (Å²) in [4.78, 5) is 18.1. The lowest BCUT2D eigenvalue weighted by Gasteiger charge is -2.33. The fraction of sp³-hybridized carbons (Fsp3) is 0.444. The van der Waals surface area contributed by atoms with Crippen LogP contribution < -0.4 is 10.2 Å². The third-order valence-corrected chi connectivity index (χ3v) is 4.92. The Kier molecular flexibility index (Phi) is 5.64. The fourth-order valence-corrected chi connectivity index (χ4v) is 3.40. The molecule has 0 unspecified atom stereocenters. The molecule has 1 N–H and O–H groups in total. The Balaban J connectivity index is 1.58. The van der Waals surface area contributed by atoms with Gasteiger partial charge in [-0.25, -0.2) is 4.98 Å². The molecule has 1 fully saturated rings. The van der Waals surface area contributed by atoms with Gasteiger partial charge in [-0.3, -0.25) is 4.79 Å². The first-order chi connectivity index (χ1) is 12.8. The van der Waals surface area contributed by atoms with Crippen molar-refractivity contribution in [1.82, 2.24) is 10.3 Å². The molecule has 0 spiro atoms. The highest BCUT2D eigenvalue weighted by Crippen LogP contribution is 2.34. The Labute approximate surface area is 159 Å². The summed E-state index contributed by atoms with van der Waals surface area (Å²) in [5, 5.41) is 2.88. The number of carbonyl (C=O) groups is 1. The molecule has 9 heteroatoms. The number of alkyl halides is 3. The molecule has 0 aliphatic carbocycles.